The first-order valence-electron chi connectivity index (χ1n) is 6.20. The minimum Gasteiger partial charge on any atom is -0.478 e. The lowest BCUT2D eigenvalue weighted by molar-refractivity contribution is 0.0696. The van der Waals surface area contributed by atoms with Gasteiger partial charge in [-0.15, -0.1) is 12.4 Å². The highest BCUT2D eigenvalue weighted by molar-refractivity contribution is 5.87. The van der Waals surface area contributed by atoms with Gasteiger partial charge in [0.1, 0.15) is 0 Å². The average molecular weight is 292 g/mol. The van der Waals surface area contributed by atoms with Crippen molar-refractivity contribution in [3.63, 3.8) is 0 Å². The van der Waals surface area contributed by atoms with E-state index in [1.165, 1.54) is 5.56 Å². The summed E-state index contributed by atoms with van der Waals surface area (Å²) in [7, 11) is 2.03. The Morgan fingerprint density at radius 3 is 2.25 bits per heavy atom. The van der Waals surface area contributed by atoms with Crippen LogP contribution in [0.4, 0.5) is 0 Å². The predicted molar refractivity (Wildman–Crippen MR) is 82.3 cm³/mol. The van der Waals surface area contributed by atoms with Crippen LogP contribution in [0.2, 0.25) is 0 Å². The third-order valence-electron chi connectivity index (χ3n) is 2.92. The van der Waals surface area contributed by atoms with Crippen LogP contribution in [-0.2, 0) is 13.1 Å². The van der Waals surface area contributed by atoms with Crippen molar-refractivity contribution in [3.05, 3.63) is 71.3 Å². The molecule has 2 aromatic rings. The van der Waals surface area contributed by atoms with E-state index in [2.05, 4.69) is 17.0 Å². The number of halogens is 1. The zero-order valence-electron chi connectivity index (χ0n) is 11.3. The molecule has 0 bridgehead atoms. The van der Waals surface area contributed by atoms with Crippen LogP contribution in [0.5, 0.6) is 0 Å². The molecule has 3 nitrogen and oxygen atoms in total. The monoisotopic (exact) mass is 291 g/mol. The summed E-state index contributed by atoms with van der Waals surface area (Å²) in [6.45, 7) is 1.58. The number of hydrogen-bond donors (Lipinski definition) is 1. The normalized spacial score (nSPS) is 10.1. The van der Waals surface area contributed by atoms with Gasteiger partial charge in [-0.25, -0.2) is 4.79 Å². The molecular weight excluding hydrogens is 274 g/mol. The summed E-state index contributed by atoms with van der Waals surface area (Å²) in [6.07, 6.45) is 0. The van der Waals surface area contributed by atoms with Crippen molar-refractivity contribution >= 4 is 18.4 Å². The number of nitrogens with zero attached hydrogens (tertiary/aromatic N) is 1. The fourth-order valence-corrected chi connectivity index (χ4v) is 2.07. The van der Waals surface area contributed by atoms with Crippen LogP contribution in [0.1, 0.15) is 21.5 Å². The van der Waals surface area contributed by atoms with E-state index >= 15 is 0 Å². The maximum Gasteiger partial charge on any atom is 0.335 e. The van der Waals surface area contributed by atoms with Gasteiger partial charge in [-0.3, -0.25) is 4.90 Å². The molecule has 0 saturated heterocycles. The molecule has 106 valence electrons. The molecule has 0 aliphatic carbocycles. The molecular formula is C16H18ClNO2. The van der Waals surface area contributed by atoms with E-state index in [0.717, 1.165) is 18.7 Å². The molecule has 4 heteroatoms. The highest BCUT2D eigenvalue weighted by Crippen LogP contribution is 2.10. The van der Waals surface area contributed by atoms with Crippen LogP contribution in [0.3, 0.4) is 0 Å². The number of carboxylic acid groups (broad SMARTS) is 1. The van der Waals surface area contributed by atoms with E-state index in [1.807, 2.05) is 31.3 Å². The van der Waals surface area contributed by atoms with E-state index in [4.69, 9.17) is 5.11 Å². The van der Waals surface area contributed by atoms with Gasteiger partial charge >= 0.3 is 5.97 Å². The van der Waals surface area contributed by atoms with Crippen molar-refractivity contribution in [2.45, 2.75) is 13.1 Å². The molecule has 0 saturated carbocycles. The molecule has 0 fully saturated rings. The number of carboxylic acids is 1. The Balaban J connectivity index is 0.00000200. The highest BCUT2D eigenvalue weighted by atomic mass is 35.5. The van der Waals surface area contributed by atoms with Gasteiger partial charge in [0.25, 0.3) is 0 Å². The van der Waals surface area contributed by atoms with Gasteiger partial charge in [0.05, 0.1) is 5.56 Å². The maximum absolute atomic E-state index is 10.9. The lowest BCUT2D eigenvalue weighted by Gasteiger charge is -2.17. The molecule has 0 spiro atoms. The zero-order chi connectivity index (χ0) is 13.7. The van der Waals surface area contributed by atoms with Crippen LogP contribution < -0.4 is 0 Å². The third-order valence-corrected chi connectivity index (χ3v) is 2.92. The molecule has 0 aromatic heterocycles. The summed E-state index contributed by atoms with van der Waals surface area (Å²) in [4.78, 5) is 13.1. The van der Waals surface area contributed by atoms with Crippen LogP contribution in [0, 0.1) is 0 Å². The van der Waals surface area contributed by atoms with Gasteiger partial charge in [-0.1, -0.05) is 42.5 Å². The molecule has 1 N–H and O–H groups in total. The van der Waals surface area contributed by atoms with Crippen molar-refractivity contribution in [3.8, 4) is 0 Å². The van der Waals surface area contributed by atoms with E-state index in [0.29, 0.717) is 5.56 Å². The quantitative estimate of drug-likeness (QED) is 0.917. The number of carbonyl (C=O) groups is 1. The Morgan fingerprint density at radius 1 is 1.00 bits per heavy atom. The molecule has 0 heterocycles. The number of benzene rings is 2. The van der Waals surface area contributed by atoms with E-state index < -0.39 is 5.97 Å². The van der Waals surface area contributed by atoms with Gasteiger partial charge in [0.15, 0.2) is 0 Å². The van der Waals surface area contributed by atoms with Crippen molar-refractivity contribution in [2.24, 2.45) is 0 Å². The molecule has 0 amide bonds. The standard InChI is InChI=1S/C16H17NO2.ClH/c1-17(11-13-6-3-2-4-7-13)12-14-8-5-9-15(10-14)16(18)19;/h2-10H,11-12H2,1H3,(H,18,19);1H. The smallest absolute Gasteiger partial charge is 0.335 e. The van der Waals surface area contributed by atoms with Crippen molar-refractivity contribution < 1.29 is 9.90 Å². The molecule has 0 aliphatic heterocycles. The molecule has 0 atom stereocenters. The average Bonchev–Trinajstić information content (AvgIpc) is 2.40. The van der Waals surface area contributed by atoms with E-state index in [-0.39, 0.29) is 12.4 Å². The molecule has 2 aromatic carbocycles. The molecule has 2 rings (SSSR count). The van der Waals surface area contributed by atoms with E-state index in [1.54, 1.807) is 18.2 Å². The third kappa shape index (κ3) is 4.68. The Hall–Kier alpha value is -1.84. The Morgan fingerprint density at radius 2 is 1.60 bits per heavy atom. The van der Waals surface area contributed by atoms with Gasteiger partial charge in [-0.2, -0.15) is 0 Å². The molecule has 0 aliphatic rings. The first-order chi connectivity index (χ1) is 9.15. The van der Waals surface area contributed by atoms with Crippen LogP contribution in [0.25, 0.3) is 0 Å². The fourth-order valence-electron chi connectivity index (χ4n) is 2.07. The zero-order valence-corrected chi connectivity index (χ0v) is 12.1. The van der Waals surface area contributed by atoms with E-state index in [9.17, 15) is 4.79 Å². The number of aromatic carboxylic acids is 1. The first-order valence-corrected chi connectivity index (χ1v) is 6.20. The summed E-state index contributed by atoms with van der Waals surface area (Å²) in [5.74, 6) is -0.882. The van der Waals surface area contributed by atoms with Gasteiger partial charge in [0, 0.05) is 13.1 Å². The SMILES string of the molecule is CN(Cc1ccccc1)Cc1cccc(C(=O)O)c1.Cl. The predicted octanol–water partition coefficient (Wildman–Crippen LogP) is 3.44. The Labute approximate surface area is 125 Å². The highest BCUT2D eigenvalue weighted by Gasteiger charge is 2.05. The second-order valence-electron chi connectivity index (χ2n) is 4.66. The Kier molecular flexibility index (Phi) is 6.22. The summed E-state index contributed by atoms with van der Waals surface area (Å²) < 4.78 is 0. The maximum atomic E-state index is 10.9. The minimum atomic E-state index is -0.882. The fraction of sp³-hybridized carbons (Fsp3) is 0.188. The summed E-state index contributed by atoms with van der Waals surface area (Å²) in [6, 6.07) is 17.3. The lowest BCUT2D eigenvalue weighted by Crippen LogP contribution is -2.17. The number of rotatable bonds is 5. The van der Waals surface area contributed by atoms with Crippen LogP contribution in [-0.4, -0.2) is 23.0 Å². The van der Waals surface area contributed by atoms with Crippen molar-refractivity contribution in [1.29, 1.82) is 0 Å². The van der Waals surface area contributed by atoms with Gasteiger partial charge in [0.2, 0.25) is 0 Å². The Bertz CT molecular complexity index is 557. The van der Waals surface area contributed by atoms with Crippen LogP contribution >= 0.6 is 12.4 Å². The summed E-state index contributed by atoms with van der Waals surface area (Å²) >= 11 is 0. The van der Waals surface area contributed by atoms with Gasteiger partial charge in [-0.05, 0) is 30.3 Å². The second-order valence-corrected chi connectivity index (χ2v) is 4.66. The lowest BCUT2D eigenvalue weighted by atomic mass is 10.1. The molecule has 0 unspecified atom stereocenters. The second kappa shape index (κ2) is 7.68. The summed E-state index contributed by atoms with van der Waals surface area (Å²) in [5, 5.41) is 8.96. The largest absolute Gasteiger partial charge is 0.478 e. The first kappa shape index (κ1) is 16.2. The topological polar surface area (TPSA) is 40.5 Å². The minimum absolute atomic E-state index is 0. The molecule has 20 heavy (non-hydrogen) atoms. The van der Waals surface area contributed by atoms with Crippen molar-refractivity contribution in [2.75, 3.05) is 7.05 Å². The van der Waals surface area contributed by atoms with Crippen LogP contribution in [0.15, 0.2) is 54.6 Å². The number of hydrogen-bond acceptors (Lipinski definition) is 2. The molecule has 0 radical (unpaired) electrons. The summed E-state index contributed by atoms with van der Waals surface area (Å²) in [5.41, 5.74) is 2.60. The van der Waals surface area contributed by atoms with Crippen molar-refractivity contribution in [1.82, 2.24) is 4.90 Å². The van der Waals surface area contributed by atoms with Gasteiger partial charge < -0.3 is 5.11 Å².